The third kappa shape index (κ3) is 4.63. The second-order valence-corrected chi connectivity index (χ2v) is 9.18. The predicted molar refractivity (Wildman–Crippen MR) is 109 cm³/mol. The van der Waals surface area contributed by atoms with Crippen molar-refractivity contribution in [1.82, 2.24) is 23.9 Å². The number of fused-ring (bicyclic) bond motifs is 1. The van der Waals surface area contributed by atoms with E-state index in [2.05, 4.69) is 26.7 Å². The van der Waals surface area contributed by atoms with E-state index < -0.39 is 22.1 Å². The summed E-state index contributed by atoms with van der Waals surface area (Å²) in [6, 6.07) is 6.15. The molecule has 1 fully saturated rings. The number of aryl methyl sites for hydroxylation is 1. The number of alkyl halides is 3. The van der Waals surface area contributed by atoms with Crippen molar-refractivity contribution in [3.8, 4) is 5.75 Å². The molecule has 0 amide bonds. The summed E-state index contributed by atoms with van der Waals surface area (Å²) < 4.78 is 69.6. The van der Waals surface area contributed by atoms with Crippen molar-refractivity contribution in [2.75, 3.05) is 31.1 Å². The summed E-state index contributed by atoms with van der Waals surface area (Å²) in [6.07, 6.45) is -1.70. The van der Waals surface area contributed by atoms with E-state index >= 15 is 0 Å². The Balaban J connectivity index is 1.49. The molecular formula is C19H21F3N6O3S. The fourth-order valence-electron chi connectivity index (χ4n) is 3.57. The second-order valence-electron chi connectivity index (χ2n) is 7.24. The Kier molecular flexibility index (Phi) is 5.95. The summed E-state index contributed by atoms with van der Waals surface area (Å²) in [5, 5.41) is 4.22. The fourth-order valence-corrected chi connectivity index (χ4v) is 5.00. The molecule has 0 atom stereocenters. The van der Waals surface area contributed by atoms with Crippen LogP contribution in [0.5, 0.6) is 5.75 Å². The normalized spacial score (nSPS) is 15.9. The Morgan fingerprint density at radius 1 is 1.09 bits per heavy atom. The number of benzene rings is 1. The Hall–Kier alpha value is -2.93. The molecule has 0 saturated carbocycles. The number of aromatic nitrogens is 4. The van der Waals surface area contributed by atoms with Gasteiger partial charge >= 0.3 is 6.36 Å². The lowest BCUT2D eigenvalue weighted by Crippen LogP contribution is -2.49. The summed E-state index contributed by atoms with van der Waals surface area (Å²) in [4.78, 5) is 10.6. The number of hydrogen-bond acceptors (Lipinski definition) is 7. The quantitative estimate of drug-likeness (QED) is 0.547. The van der Waals surface area contributed by atoms with Crippen LogP contribution in [0.3, 0.4) is 0 Å². The predicted octanol–water partition coefficient (Wildman–Crippen LogP) is 2.49. The van der Waals surface area contributed by atoms with Crippen LogP contribution in [0.1, 0.15) is 19.0 Å². The highest BCUT2D eigenvalue weighted by Gasteiger charge is 2.32. The van der Waals surface area contributed by atoms with E-state index in [0.29, 0.717) is 18.9 Å². The molecule has 4 rings (SSSR count). The monoisotopic (exact) mass is 470 g/mol. The number of sulfonamides is 1. The summed E-state index contributed by atoms with van der Waals surface area (Å²) in [7, 11) is -3.85. The van der Waals surface area contributed by atoms with Crippen molar-refractivity contribution in [3.05, 3.63) is 42.4 Å². The van der Waals surface area contributed by atoms with Gasteiger partial charge in [0.25, 0.3) is 5.78 Å². The van der Waals surface area contributed by atoms with Gasteiger partial charge in [0.05, 0.1) is 4.90 Å². The Morgan fingerprint density at radius 3 is 2.41 bits per heavy atom. The maximum Gasteiger partial charge on any atom is 0.573 e. The van der Waals surface area contributed by atoms with Crippen LogP contribution in [0.2, 0.25) is 0 Å². The smallest absolute Gasteiger partial charge is 0.406 e. The largest absolute Gasteiger partial charge is 0.573 e. The highest BCUT2D eigenvalue weighted by atomic mass is 32.2. The van der Waals surface area contributed by atoms with E-state index in [4.69, 9.17) is 0 Å². The molecule has 13 heteroatoms. The first kappa shape index (κ1) is 22.3. The lowest BCUT2D eigenvalue weighted by molar-refractivity contribution is -0.274. The molecule has 0 aliphatic carbocycles. The number of halogens is 3. The molecule has 1 saturated heterocycles. The number of ether oxygens (including phenoxy) is 1. The van der Waals surface area contributed by atoms with E-state index in [1.54, 1.807) is 4.52 Å². The minimum atomic E-state index is -4.84. The number of hydrogen-bond donors (Lipinski definition) is 0. The first-order chi connectivity index (χ1) is 15.2. The zero-order chi connectivity index (χ0) is 22.9. The van der Waals surface area contributed by atoms with Gasteiger partial charge in [-0.25, -0.2) is 13.4 Å². The topological polar surface area (TPSA) is 92.9 Å². The highest BCUT2D eigenvalue weighted by Crippen LogP contribution is 2.26. The fraction of sp³-hybridized carbons (Fsp3) is 0.421. The maximum absolute atomic E-state index is 12.9. The van der Waals surface area contributed by atoms with Gasteiger partial charge in [0.15, 0.2) is 0 Å². The molecule has 1 aliphatic heterocycles. The van der Waals surface area contributed by atoms with E-state index in [1.807, 2.05) is 11.0 Å². The van der Waals surface area contributed by atoms with Crippen LogP contribution in [-0.4, -0.2) is 64.8 Å². The average Bonchev–Trinajstić information content (AvgIpc) is 3.21. The molecule has 1 aliphatic rings. The molecule has 2 aromatic heterocycles. The standard InChI is InChI=1S/C19H21F3N6O3S/c1-2-3-14-12-17(28-18(25-14)23-13-24-28)26-8-10-27(11-9-26)32(29,30)16-6-4-15(5-7-16)31-19(20,21)22/h4-7,12-13H,2-3,8-11H2,1H3. The summed E-state index contributed by atoms with van der Waals surface area (Å²) >= 11 is 0. The Labute approximate surface area is 182 Å². The number of piperazine rings is 1. The van der Waals surface area contributed by atoms with Gasteiger partial charge in [0, 0.05) is 37.9 Å². The first-order valence-corrected chi connectivity index (χ1v) is 11.4. The molecule has 32 heavy (non-hydrogen) atoms. The third-order valence-electron chi connectivity index (χ3n) is 5.05. The minimum Gasteiger partial charge on any atom is -0.406 e. The van der Waals surface area contributed by atoms with Gasteiger partial charge in [-0.15, -0.1) is 13.2 Å². The van der Waals surface area contributed by atoms with Gasteiger partial charge in [0.1, 0.15) is 17.9 Å². The number of anilines is 1. The maximum atomic E-state index is 12.9. The summed E-state index contributed by atoms with van der Waals surface area (Å²) in [6.45, 7) is 3.31. The van der Waals surface area contributed by atoms with E-state index in [0.717, 1.165) is 48.6 Å². The van der Waals surface area contributed by atoms with Crippen LogP contribution in [0, 0.1) is 0 Å². The van der Waals surface area contributed by atoms with Crippen LogP contribution in [0.4, 0.5) is 19.0 Å². The third-order valence-corrected chi connectivity index (χ3v) is 6.96. The van der Waals surface area contributed by atoms with Crippen molar-refractivity contribution in [2.24, 2.45) is 0 Å². The van der Waals surface area contributed by atoms with E-state index in [9.17, 15) is 21.6 Å². The van der Waals surface area contributed by atoms with Gasteiger partial charge in [-0.2, -0.15) is 18.9 Å². The van der Waals surface area contributed by atoms with Crippen LogP contribution >= 0.6 is 0 Å². The average molecular weight is 470 g/mol. The van der Waals surface area contributed by atoms with E-state index in [1.165, 1.54) is 10.6 Å². The van der Waals surface area contributed by atoms with Crippen LogP contribution in [0.25, 0.3) is 5.78 Å². The van der Waals surface area contributed by atoms with Gasteiger partial charge in [-0.3, -0.25) is 0 Å². The molecule has 9 nitrogen and oxygen atoms in total. The second kappa shape index (κ2) is 8.54. The number of rotatable bonds is 6. The van der Waals surface area contributed by atoms with Gasteiger partial charge in [-0.1, -0.05) is 13.3 Å². The molecule has 1 aromatic carbocycles. The number of nitrogens with zero attached hydrogens (tertiary/aromatic N) is 6. The van der Waals surface area contributed by atoms with Gasteiger partial charge in [0.2, 0.25) is 10.0 Å². The van der Waals surface area contributed by atoms with Crippen molar-refractivity contribution >= 4 is 21.6 Å². The first-order valence-electron chi connectivity index (χ1n) is 9.98. The summed E-state index contributed by atoms with van der Waals surface area (Å²) in [5.41, 5.74) is 0.888. The lowest BCUT2D eigenvalue weighted by atomic mass is 10.2. The Bertz CT molecular complexity index is 1190. The van der Waals surface area contributed by atoms with Crippen molar-refractivity contribution in [1.29, 1.82) is 0 Å². The molecule has 0 unspecified atom stereocenters. The van der Waals surface area contributed by atoms with Crippen molar-refractivity contribution in [3.63, 3.8) is 0 Å². The zero-order valence-corrected chi connectivity index (χ0v) is 18.0. The van der Waals surface area contributed by atoms with Crippen LogP contribution < -0.4 is 9.64 Å². The molecule has 3 heterocycles. The molecule has 0 radical (unpaired) electrons. The molecular weight excluding hydrogens is 449 g/mol. The van der Waals surface area contributed by atoms with E-state index in [-0.39, 0.29) is 18.0 Å². The van der Waals surface area contributed by atoms with Crippen LogP contribution in [0.15, 0.2) is 41.6 Å². The van der Waals surface area contributed by atoms with Crippen molar-refractivity contribution in [2.45, 2.75) is 31.0 Å². The summed E-state index contributed by atoms with van der Waals surface area (Å²) in [5.74, 6) is 0.808. The molecule has 3 aromatic rings. The van der Waals surface area contributed by atoms with Gasteiger partial charge in [-0.05, 0) is 30.7 Å². The van der Waals surface area contributed by atoms with Gasteiger partial charge < -0.3 is 9.64 Å². The van der Waals surface area contributed by atoms with Crippen LogP contribution in [-0.2, 0) is 16.4 Å². The SMILES string of the molecule is CCCc1cc(N2CCN(S(=O)(=O)c3ccc(OC(F)(F)F)cc3)CC2)n2ncnc2n1. The molecule has 0 bridgehead atoms. The minimum absolute atomic E-state index is 0.0896. The lowest BCUT2D eigenvalue weighted by Gasteiger charge is -2.35. The molecule has 0 N–H and O–H groups in total. The molecule has 0 spiro atoms. The Morgan fingerprint density at radius 2 is 1.78 bits per heavy atom. The van der Waals surface area contributed by atoms with Crippen molar-refractivity contribution < 1.29 is 26.3 Å². The zero-order valence-electron chi connectivity index (χ0n) is 17.2. The molecule has 172 valence electrons. The highest BCUT2D eigenvalue weighted by molar-refractivity contribution is 7.89.